The summed E-state index contributed by atoms with van der Waals surface area (Å²) in [5.41, 5.74) is 1.62. The van der Waals surface area contributed by atoms with Gasteiger partial charge >= 0.3 is 0 Å². The first-order chi connectivity index (χ1) is 15.8. The number of ketones is 1. The molecular weight excluding hydrogens is 440 g/mol. The van der Waals surface area contributed by atoms with Crippen LogP contribution in [0.3, 0.4) is 0 Å². The second kappa shape index (κ2) is 11.4. The largest absolute Gasteiger partial charge is 0.497 e. The molecule has 0 bridgehead atoms. The third-order valence-corrected chi connectivity index (χ3v) is 7.61. The van der Waals surface area contributed by atoms with Crippen molar-refractivity contribution in [3.63, 3.8) is 0 Å². The van der Waals surface area contributed by atoms with E-state index in [1.54, 1.807) is 13.2 Å². The molecule has 1 fully saturated rings. The maximum atomic E-state index is 12.5. The summed E-state index contributed by atoms with van der Waals surface area (Å²) >= 11 is 0. The SMILES string of the molecule is COc1ccc(CCC2CCN(C(=O)CCNS(=O)(=O)c3cccc(C(C)=O)c3)CC2)cc1. The number of nitrogens with one attached hydrogen (secondary N) is 1. The average molecular weight is 473 g/mol. The van der Waals surface area contributed by atoms with E-state index in [1.165, 1.54) is 30.7 Å². The van der Waals surface area contributed by atoms with Crippen LogP contribution in [0.5, 0.6) is 5.75 Å². The molecule has 7 nitrogen and oxygen atoms in total. The first-order valence-electron chi connectivity index (χ1n) is 11.3. The highest BCUT2D eigenvalue weighted by molar-refractivity contribution is 7.89. The van der Waals surface area contributed by atoms with Crippen molar-refractivity contribution in [1.82, 2.24) is 9.62 Å². The van der Waals surface area contributed by atoms with E-state index in [9.17, 15) is 18.0 Å². The van der Waals surface area contributed by atoms with Crippen LogP contribution in [0.2, 0.25) is 0 Å². The predicted molar refractivity (Wildman–Crippen MR) is 127 cm³/mol. The number of aryl methyl sites for hydroxylation is 1. The molecule has 0 unspecified atom stereocenters. The number of piperidine rings is 1. The first-order valence-corrected chi connectivity index (χ1v) is 12.8. The molecule has 0 spiro atoms. The number of methoxy groups -OCH3 is 1. The maximum absolute atomic E-state index is 12.5. The zero-order chi connectivity index (χ0) is 23.8. The molecule has 1 heterocycles. The molecule has 0 aliphatic carbocycles. The zero-order valence-electron chi connectivity index (χ0n) is 19.2. The molecule has 1 saturated heterocycles. The Morgan fingerprint density at radius 3 is 2.42 bits per heavy atom. The molecule has 0 atom stereocenters. The molecule has 2 aromatic carbocycles. The molecule has 0 radical (unpaired) electrons. The van der Waals surface area contributed by atoms with Crippen LogP contribution in [0, 0.1) is 5.92 Å². The fourth-order valence-corrected chi connectivity index (χ4v) is 5.13. The summed E-state index contributed by atoms with van der Waals surface area (Å²) in [6.07, 6.45) is 4.14. The van der Waals surface area contributed by atoms with E-state index >= 15 is 0 Å². The lowest BCUT2D eigenvalue weighted by atomic mass is 9.90. The minimum absolute atomic E-state index is 0.0281. The van der Waals surface area contributed by atoms with Gasteiger partial charge in [0.25, 0.3) is 0 Å². The summed E-state index contributed by atoms with van der Waals surface area (Å²) in [5.74, 6) is 1.21. The highest BCUT2D eigenvalue weighted by Gasteiger charge is 2.23. The minimum atomic E-state index is -3.77. The minimum Gasteiger partial charge on any atom is -0.497 e. The molecule has 1 amide bonds. The molecule has 1 aliphatic heterocycles. The standard InChI is InChI=1S/C25H32N2O5S/c1-19(28)22-4-3-5-24(18-22)33(30,31)26-15-12-25(29)27-16-13-21(14-17-27)7-6-20-8-10-23(32-2)11-9-20/h3-5,8-11,18,21,26H,6-7,12-17H2,1-2H3. The van der Waals surface area contributed by atoms with Gasteiger partial charge in [0.1, 0.15) is 5.75 Å². The van der Waals surface area contributed by atoms with Crippen molar-refractivity contribution in [2.75, 3.05) is 26.7 Å². The summed E-state index contributed by atoms with van der Waals surface area (Å²) in [6, 6.07) is 14.0. The van der Waals surface area contributed by atoms with Gasteiger partial charge < -0.3 is 9.64 Å². The Bertz CT molecular complexity index is 1060. The molecule has 0 aromatic heterocycles. The summed E-state index contributed by atoms with van der Waals surface area (Å²) in [7, 11) is -2.11. The Morgan fingerprint density at radius 2 is 1.79 bits per heavy atom. The number of amides is 1. The number of rotatable bonds is 10. The van der Waals surface area contributed by atoms with Crippen molar-refractivity contribution in [3.05, 3.63) is 59.7 Å². The second-order valence-corrected chi connectivity index (χ2v) is 10.2. The fourth-order valence-electron chi connectivity index (χ4n) is 4.05. The second-order valence-electron chi connectivity index (χ2n) is 8.44. The highest BCUT2D eigenvalue weighted by atomic mass is 32.2. The number of hydrogen-bond donors (Lipinski definition) is 1. The Labute approximate surface area is 196 Å². The quantitative estimate of drug-likeness (QED) is 0.535. The van der Waals surface area contributed by atoms with Crippen LogP contribution in [0.15, 0.2) is 53.4 Å². The molecule has 33 heavy (non-hydrogen) atoms. The Kier molecular flexibility index (Phi) is 8.63. The van der Waals surface area contributed by atoms with Gasteiger partial charge in [-0.3, -0.25) is 9.59 Å². The van der Waals surface area contributed by atoms with E-state index in [-0.39, 0.29) is 29.6 Å². The zero-order valence-corrected chi connectivity index (χ0v) is 20.1. The van der Waals surface area contributed by atoms with Crippen LogP contribution in [-0.4, -0.2) is 51.8 Å². The summed E-state index contributed by atoms with van der Waals surface area (Å²) in [5, 5.41) is 0. The number of Topliss-reactive ketones (excluding diaryl/α,β-unsaturated/α-hetero) is 1. The molecule has 178 valence electrons. The third kappa shape index (κ3) is 7.14. The maximum Gasteiger partial charge on any atom is 0.240 e. The summed E-state index contributed by atoms with van der Waals surface area (Å²) in [4.78, 5) is 25.9. The molecule has 2 aromatic rings. The van der Waals surface area contributed by atoms with Gasteiger partial charge in [0.15, 0.2) is 5.78 Å². The number of carbonyl (C=O) groups excluding carboxylic acids is 2. The smallest absolute Gasteiger partial charge is 0.240 e. The van der Waals surface area contributed by atoms with Crippen LogP contribution in [0.25, 0.3) is 0 Å². The lowest BCUT2D eigenvalue weighted by molar-refractivity contribution is -0.132. The molecule has 8 heteroatoms. The van der Waals surface area contributed by atoms with E-state index in [0.29, 0.717) is 24.6 Å². The van der Waals surface area contributed by atoms with E-state index in [2.05, 4.69) is 16.9 Å². The molecule has 3 rings (SSSR count). The number of likely N-dealkylation sites (tertiary alicyclic amines) is 1. The van der Waals surface area contributed by atoms with Crippen molar-refractivity contribution in [1.29, 1.82) is 0 Å². The van der Waals surface area contributed by atoms with Gasteiger partial charge in [-0.15, -0.1) is 0 Å². The van der Waals surface area contributed by atoms with Crippen molar-refractivity contribution in [2.24, 2.45) is 5.92 Å². The van der Waals surface area contributed by atoms with Gasteiger partial charge in [0, 0.05) is 31.6 Å². The van der Waals surface area contributed by atoms with Crippen molar-refractivity contribution in [2.45, 2.75) is 43.9 Å². The normalized spacial score (nSPS) is 14.8. The van der Waals surface area contributed by atoms with Gasteiger partial charge in [-0.05, 0) is 68.4 Å². The molecule has 0 saturated carbocycles. The molecular formula is C25H32N2O5S. The van der Waals surface area contributed by atoms with E-state index in [4.69, 9.17) is 4.74 Å². The van der Waals surface area contributed by atoms with E-state index in [0.717, 1.165) is 31.4 Å². The van der Waals surface area contributed by atoms with Crippen LogP contribution in [0.1, 0.15) is 48.5 Å². The molecule has 1 N–H and O–H groups in total. The van der Waals surface area contributed by atoms with Crippen LogP contribution in [0.4, 0.5) is 0 Å². The number of hydrogen-bond acceptors (Lipinski definition) is 5. The summed E-state index contributed by atoms with van der Waals surface area (Å²) < 4.78 is 32.6. The number of nitrogens with zero attached hydrogens (tertiary/aromatic N) is 1. The van der Waals surface area contributed by atoms with Crippen LogP contribution in [-0.2, 0) is 21.2 Å². The average Bonchev–Trinajstić information content (AvgIpc) is 2.83. The van der Waals surface area contributed by atoms with Crippen molar-refractivity contribution in [3.8, 4) is 5.75 Å². The van der Waals surface area contributed by atoms with Crippen molar-refractivity contribution >= 4 is 21.7 Å². The number of ether oxygens (including phenoxy) is 1. The Hall–Kier alpha value is -2.71. The Balaban J connectivity index is 1.40. The summed E-state index contributed by atoms with van der Waals surface area (Å²) in [6.45, 7) is 2.84. The topological polar surface area (TPSA) is 92.8 Å². The lowest BCUT2D eigenvalue weighted by Crippen LogP contribution is -2.40. The van der Waals surface area contributed by atoms with E-state index < -0.39 is 10.0 Å². The molecule has 1 aliphatic rings. The number of benzene rings is 2. The van der Waals surface area contributed by atoms with Gasteiger partial charge in [0.05, 0.1) is 12.0 Å². The fraction of sp³-hybridized carbons (Fsp3) is 0.440. The monoisotopic (exact) mass is 472 g/mol. The van der Waals surface area contributed by atoms with Gasteiger partial charge in [-0.25, -0.2) is 13.1 Å². The third-order valence-electron chi connectivity index (χ3n) is 6.15. The van der Waals surface area contributed by atoms with Gasteiger partial charge in [-0.1, -0.05) is 24.3 Å². The first kappa shape index (κ1) is 24.9. The van der Waals surface area contributed by atoms with Gasteiger partial charge in [0.2, 0.25) is 15.9 Å². The Morgan fingerprint density at radius 1 is 1.09 bits per heavy atom. The predicted octanol–water partition coefficient (Wildman–Crippen LogP) is 3.44. The van der Waals surface area contributed by atoms with Gasteiger partial charge in [-0.2, -0.15) is 0 Å². The van der Waals surface area contributed by atoms with Crippen LogP contribution < -0.4 is 9.46 Å². The number of carbonyl (C=O) groups is 2. The van der Waals surface area contributed by atoms with E-state index in [1.807, 2.05) is 17.0 Å². The van der Waals surface area contributed by atoms with Crippen LogP contribution >= 0.6 is 0 Å². The van der Waals surface area contributed by atoms with Crippen molar-refractivity contribution < 1.29 is 22.7 Å². The lowest BCUT2D eigenvalue weighted by Gasteiger charge is -2.32. The number of sulfonamides is 1. The highest BCUT2D eigenvalue weighted by Crippen LogP contribution is 2.23.